The van der Waals surface area contributed by atoms with Crippen LogP contribution in [0.5, 0.6) is 0 Å². The van der Waals surface area contributed by atoms with Gasteiger partial charge in [-0.3, -0.25) is 9.59 Å². The molecule has 2 aromatic carbocycles. The third-order valence-electron chi connectivity index (χ3n) is 3.34. The Labute approximate surface area is 155 Å². The van der Waals surface area contributed by atoms with E-state index in [0.29, 0.717) is 24.4 Å². The Morgan fingerprint density at radius 2 is 1.80 bits per heavy atom. The van der Waals surface area contributed by atoms with E-state index >= 15 is 0 Å². The van der Waals surface area contributed by atoms with Gasteiger partial charge in [0, 0.05) is 35.1 Å². The number of halogens is 1. The fourth-order valence-electron chi connectivity index (χ4n) is 2.06. The molecule has 2 aromatic rings. The second-order valence-corrected chi connectivity index (χ2v) is 6.06. The van der Waals surface area contributed by atoms with Gasteiger partial charge in [0.2, 0.25) is 5.91 Å². The number of ether oxygens (including phenoxy) is 1. The summed E-state index contributed by atoms with van der Waals surface area (Å²) in [6.45, 7) is 1.06. The highest BCUT2D eigenvalue weighted by Crippen LogP contribution is 2.20. The zero-order chi connectivity index (χ0) is 18.1. The van der Waals surface area contributed by atoms with Crippen LogP contribution in [0.4, 0.5) is 11.4 Å². The number of benzene rings is 2. The summed E-state index contributed by atoms with van der Waals surface area (Å²) >= 11 is 3.42. The lowest BCUT2D eigenvalue weighted by Crippen LogP contribution is -2.27. The van der Waals surface area contributed by atoms with Crippen LogP contribution in [0.15, 0.2) is 53.0 Å². The van der Waals surface area contributed by atoms with E-state index in [1.807, 2.05) is 24.3 Å². The zero-order valence-electron chi connectivity index (χ0n) is 13.8. The summed E-state index contributed by atoms with van der Waals surface area (Å²) < 4.78 is 5.78. The van der Waals surface area contributed by atoms with Gasteiger partial charge in [0.25, 0.3) is 5.91 Å². The van der Waals surface area contributed by atoms with Gasteiger partial charge in [0.05, 0.1) is 13.2 Å². The average Bonchev–Trinajstić information content (AvgIpc) is 2.62. The first-order valence-corrected chi connectivity index (χ1v) is 8.55. The van der Waals surface area contributed by atoms with Gasteiger partial charge in [-0.05, 0) is 52.3 Å². The van der Waals surface area contributed by atoms with Crippen molar-refractivity contribution < 1.29 is 14.3 Å². The largest absolute Gasteiger partial charge is 0.383 e. The predicted molar refractivity (Wildman–Crippen MR) is 102 cm³/mol. The summed E-state index contributed by atoms with van der Waals surface area (Å²) in [5, 5.41) is 8.58. The summed E-state index contributed by atoms with van der Waals surface area (Å²) in [5.41, 5.74) is 2.01. The minimum atomic E-state index is -0.175. The minimum Gasteiger partial charge on any atom is -0.383 e. The number of hydrogen-bond donors (Lipinski definition) is 3. The van der Waals surface area contributed by atoms with Crippen LogP contribution in [0, 0.1) is 0 Å². The van der Waals surface area contributed by atoms with Gasteiger partial charge >= 0.3 is 0 Å². The third-order valence-corrected chi connectivity index (χ3v) is 4.03. The summed E-state index contributed by atoms with van der Waals surface area (Å²) in [7, 11) is 1.58. The molecule has 2 rings (SSSR count). The van der Waals surface area contributed by atoms with E-state index in [1.165, 1.54) is 0 Å². The Bertz CT molecular complexity index is 720. The Kier molecular flexibility index (Phi) is 7.43. The van der Waals surface area contributed by atoms with Crippen LogP contribution in [-0.2, 0) is 9.53 Å². The number of carbonyl (C=O) groups excluding carboxylic acids is 2. The van der Waals surface area contributed by atoms with Crippen molar-refractivity contribution in [2.75, 3.05) is 37.4 Å². The van der Waals surface area contributed by atoms with E-state index in [2.05, 4.69) is 31.9 Å². The quantitative estimate of drug-likeness (QED) is 0.589. The highest BCUT2D eigenvalue weighted by atomic mass is 79.9. The second kappa shape index (κ2) is 9.80. The number of amides is 2. The van der Waals surface area contributed by atoms with Crippen molar-refractivity contribution in [3.63, 3.8) is 0 Å². The molecule has 2 amide bonds. The summed E-state index contributed by atoms with van der Waals surface area (Å²) in [6.07, 6.45) is 0. The predicted octanol–water partition coefficient (Wildman–Crippen LogP) is 2.88. The SMILES string of the molecule is COCCNC(=O)c1ccc(NC(=O)CNc2ccccc2Br)cc1. The minimum absolute atomic E-state index is 0.141. The summed E-state index contributed by atoms with van der Waals surface area (Å²) in [6, 6.07) is 14.3. The van der Waals surface area contributed by atoms with Crippen LogP contribution in [0.3, 0.4) is 0 Å². The highest BCUT2D eigenvalue weighted by Gasteiger charge is 2.07. The van der Waals surface area contributed by atoms with Crippen molar-refractivity contribution in [3.8, 4) is 0 Å². The summed E-state index contributed by atoms with van der Waals surface area (Å²) in [5.74, 6) is -0.349. The molecule has 0 aliphatic carbocycles. The molecule has 0 atom stereocenters. The van der Waals surface area contributed by atoms with E-state index in [-0.39, 0.29) is 18.4 Å². The lowest BCUT2D eigenvalue weighted by atomic mass is 10.2. The van der Waals surface area contributed by atoms with Crippen LogP contribution in [0.2, 0.25) is 0 Å². The number of para-hydroxylation sites is 1. The van der Waals surface area contributed by atoms with Crippen LogP contribution in [0.25, 0.3) is 0 Å². The molecule has 0 bridgehead atoms. The van der Waals surface area contributed by atoms with Crippen molar-refractivity contribution in [3.05, 3.63) is 58.6 Å². The van der Waals surface area contributed by atoms with Crippen molar-refractivity contribution in [1.82, 2.24) is 5.32 Å². The van der Waals surface area contributed by atoms with E-state index in [4.69, 9.17) is 4.74 Å². The van der Waals surface area contributed by atoms with Gasteiger partial charge in [-0.2, -0.15) is 0 Å². The number of nitrogens with one attached hydrogen (secondary N) is 3. The summed E-state index contributed by atoms with van der Waals surface area (Å²) in [4.78, 5) is 23.9. The number of rotatable bonds is 8. The molecule has 0 saturated carbocycles. The second-order valence-electron chi connectivity index (χ2n) is 5.21. The van der Waals surface area contributed by atoms with Crippen molar-refractivity contribution in [1.29, 1.82) is 0 Å². The van der Waals surface area contributed by atoms with Gasteiger partial charge < -0.3 is 20.7 Å². The maximum Gasteiger partial charge on any atom is 0.251 e. The number of methoxy groups -OCH3 is 1. The molecule has 0 aliphatic rings. The molecule has 132 valence electrons. The van der Waals surface area contributed by atoms with Crippen LogP contribution < -0.4 is 16.0 Å². The molecular formula is C18H20BrN3O3. The molecule has 0 radical (unpaired) electrons. The van der Waals surface area contributed by atoms with Gasteiger partial charge in [-0.1, -0.05) is 12.1 Å². The molecule has 7 heteroatoms. The van der Waals surface area contributed by atoms with Gasteiger partial charge in [0.1, 0.15) is 0 Å². The van der Waals surface area contributed by atoms with Gasteiger partial charge in [-0.25, -0.2) is 0 Å². The Balaban J connectivity index is 1.83. The first-order valence-electron chi connectivity index (χ1n) is 7.75. The molecular weight excluding hydrogens is 386 g/mol. The number of anilines is 2. The monoisotopic (exact) mass is 405 g/mol. The zero-order valence-corrected chi connectivity index (χ0v) is 15.4. The first kappa shape index (κ1) is 19.0. The average molecular weight is 406 g/mol. The van der Waals surface area contributed by atoms with E-state index in [9.17, 15) is 9.59 Å². The molecule has 0 heterocycles. The van der Waals surface area contributed by atoms with Crippen molar-refractivity contribution in [2.24, 2.45) is 0 Å². The molecule has 6 nitrogen and oxygen atoms in total. The molecule has 3 N–H and O–H groups in total. The normalized spacial score (nSPS) is 10.2. The third kappa shape index (κ3) is 6.21. The molecule has 0 aliphatic heterocycles. The van der Waals surface area contributed by atoms with E-state index in [1.54, 1.807) is 31.4 Å². The number of carbonyl (C=O) groups is 2. The standard InChI is InChI=1S/C18H20BrN3O3/c1-25-11-10-20-18(24)13-6-8-14(9-7-13)22-17(23)12-21-16-5-3-2-4-15(16)19/h2-9,21H,10-12H2,1H3,(H,20,24)(H,22,23). The van der Waals surface area contributed by atoms with Crippen molar-refractivity contribution in [2.45, 2.75) is 0 Å². The molecule has 0 spiro atoms. The van der Waals surface area contributed by atoms with E-state index in [0.717, 1.165) is 10.2 Å². The molecule has 0 unspecified atom stereocenters. The Hall–Kier alpha value is -2.38. The maximum atomic E-state index is 12.0. The fraction of sp³-hybridized carbons (Fsp3) is 0.222. The van der Waals surface area contributed by atoms with Gasteiger partial charge in [-0.15, -0.1) is 0 Å². The van der Waals surface area contributed by atoms with Gasteiger partial charge in [0.15, 0.2) is 0 Å². The van der Waals surface area contributed by atoms with Crippen LogP contribution >= 0.6 is 15.9 Å². The molecule has 25 heavy (non-hydrogen) atoms. The van der Waals surface area contributed by atoms with Crippen LogP contribution in [-0.4, -0.2) is 38.6 Å². The highest BCUT2D eigenvalue weighted by molar-refractivity contribution is 9.10. The maximum absolute atomic E-state index is 12.0. The molecule has 0 fully saturated rings. The number of hydrogen-bond acceptors (Lipinski definition) is 4. The lowest BCUT2D eigenvalue weighted by molar-refractivity contribution is -0.114. The lowest BCUT2D eigenvalue weighted by Gasteiger charge is -2.10. The van der Waals surface area contributed by atoms with E-state index < -0.39 is 0 Å². The van der Waals surface area contributed by atoms with Crippen molar-refractivity contribution >= 4 is 39.1 Å². The fourth-order valence-corrected chi connectivity index (χ4v) is 2.48. The molecule has 0 aromatic heterocycles. The first-order chi connectivity index (χ1) is 12.1. The topological polar surface area (TPSA) is 79.5 Å². The smallest absolute Gasteiger partial charge is 0.251 e. The Morgan fingerprint density at radius 3 is 2.48 bits per heavy atom. The van der Waals surface area contributed by atoms with Crippen LogP contribution in [0.1, 0.15) is 10.4 Å². The Morgan fingerprint density at radius 1 is 1.08 bits per heavy atom. The molecule has 0 saturated heterocycles.